The molecule has 12 aromatic rings. The molecule has 0 N–H and O–H groups in total. The van der Waals surface area contributed by atoms with Crippen LogP contribution in [0.15, 0.2) is 235 Å². The lowest BCUT2D eigenvalue weighted by atomic mass is 9.82. The quantitative estimate of drug-likeness (QED) is 0.152. The average Bonchev–Trinajstić information content (AvgIpc) is 3.90. The van der Waals surface area contributed by atoms with E-state index in [0.717, 1.165) is 88.7 Å². The highest BCUT2D eigenvalue weighted by atomic mass is 16.3. The molecule has 0 atom stereocenters. The fourth-order valence-electron chi connectivity index (χ4n) is 10.5. The minimum atomic E-state index is -0.156. The molecule has 326 valence electrons. The number of fused-ring (bicyclic) bond motifs is 8. The second-order valence-electron chi connectivity index (χ2n) is 18.4. The minimum Gasteiger partial charge on any atom is -0.455 e. The van der Waals surface area contributed by atoms with Crippen LogP contribution >= 0.6 is 0 Å². The first-order valence-electron chi connectivity index (χ1n) is 23.5. The highest BCUT2D eigenvalue weighted by Crippen LogP contribution is 2.52. The fourth-order valence-corrected chi connectivity index (χ4v) is 10.5. The van der Waals surface area contributed by atoms with Crippen molar-refractivity contribution < 1.29 is 4.42 Å². The van der Waals surface area contributed by atoms with Crippen molar-refractivity contribution in [1.29, 1.82) is 0 Å². The molecule has 0 saturated heterocycles. The molecule has 0 radical (unpaired) electrons. The van der Waals surface area contributed by atoms with Gasteiger partial charge in [0.1, 0.15) is 11.2 Å². The van der Waals surface area contributed by atoms with Crippen molar-refractivity contribution in [3.8, 4) is 67.5 Å². The van der Waals surface area contributed by atoms with Gasteiger partial charge in [-0.15, -0.1) is 0 Å². The summed E-state index contributed by atoms with van der Waals surface area (Å²) in [7, 11) is 0. The van der Waals surface area contributed by atoms with E-state index < -0.39 is 0 Å². The average molecular weight is 885 g/mol. The Bertz CT molecular complexity index is 3900. The standard InChI is InChI=1S/C64H44N4O/c1-64(2)55-27-14-12-23-50(55)51-38-37-48(39-56(51)64)68(47-21-10-5-11-22-47)57-40-54-52-24-13-15-28-58(52)69-60(54)59-49(25-16-26-53(57)59)43-31-35-46(36-32-43)63-66-61(44-19-8-4-9-20-44)65-62(67-63)45-33-29-42(30-34-45)41-17-6-3-7-18-41/h3-40H,1-2H3. The lowest BCUT2D eigenvalue weighted by Crippen LogP contribution is -2.16. The molecule has 0 amide bonds. The Morgan fingerprint density at radius 2 is 0.870 bits per heavy atom. The van der Waals surface area contributed by atoms with E-state index in [2.05, 4.69) is 207 Å². The van der Waals surface area contributed by atoms with Crippen LogP contribution in [0.4, 0.5) is 17.1 Å². The van der Waals surface area contributed by atoms with Gasteiger partial charge < -0.3 is 9.32 Å². The van der Waals surface area contributed by atoms with Gasteiger partial charge in [0.25, 0.3) is 0 Å². The second kappa shape index (κ2) is 16.1. The van der Waals surface area contributed by atoms with Gasteiger partial charge in [-0.25, -0.2) is 15.0 Å². The number of aromatic nitrogens is 3. The summed E-state index contributed by atoms with van der Waals surface area (Å²) < 4.78 is 6.89. The van der Waals surface area contributed by atoms with E-state index in [1.807, 2.05) is 42.5 Å². The van der Waals surface area contributed by atoms with E-state index in [0.29, 0.717) is 17.5 Å². The van der Waals surface area contributed by atoms with Crippen LogP contribution in [0.2, 0.25) is 0 Å². The van der Waals surface area contributed by atoms with E-state index >= 15 is 0 Å². The molecule has 2 aromatic heterocycles. The van der Waals surface area contributed by atoms with Crippen LogP contribution in [0.25, 0.3) is 100 Å². The molecule has 0 aliphatic heterocycles. The maximum atomic E-state index is 6.89. The van der Waals surface area contributed by atoms with Crippen LogP contribution in [0.5, 0.6) is 0 Å². The number of benzene rings is 10. The van der Waals surface area contributed by atoms with Crippen molar-refractivity contribution in [2.45, 2.75) is 19.3 Å². The van der Waals surface area contributed by atoms with Crippen molar-refractivity contribution in [3.63, 3.8) is 0 Å². The third kappa shape index (κ3) is 6.81. The van der Waals surface area contributed by atoms with Gasteiger partial charge in [0.2, 0.25) is 0 Å². The first kappa shape index (κ1) is 40.4. The lowest BCUT2D eigenvalue weighted by Gasteiger charge is -2.29. The van der Waals surface area contributed by atoms with Crippen LogP contribution in [0.1, 0.15) is 25.0 Å². The number of hydrogen-bond acceptors (Lipinski definition) is 5. The van der Waals surface area contributed by atoms with Gasteiger partial charge in [0.05, 0.1) is 5.69 Å². The molecule has 1 aliphatic rings. The van der Waals surface area contributed by atoms with Gasteiger partial charge in [-0.05, 0) is 80.9 Å². The number of nitrogens with zero attached hydrogens (tertiary/aromatic N) is 4. The number of anilines is 3. The van der Waals surface area contributed by atoms with Crippen LogP contribution in [-0.2, 0) is 5.41 Å². The predicted molar refractivity (Wildman–Crippen MR) is 284 cm³/mol. The van der Waals surface area contributed by atoms with Crippen LogP contribution in [0.3, 0.4) is 0 Å². The summed E-state index contributed by atoms with van der Waals surface area (Å²) >= 11 is 0. The first-order chi connectivity index (χ1) is 34.0. The van der Waals surface area contributed by atoms with E-state index in [1.54, 1.807) is 0 Å². The molecule has 1 aliphatic carbocycles. The molecule has 0 bridgehead atoms. The third-order valence-corrected chi connectivity index (χ3v) is 13.9. The van der Waals surface area contributed by atoms with E-state index in [4.69, 9.17) is 19.4 Å². The Morgan fingerprint density at radius 3 is 1.57 bits per heavy atom. The first-order valence-corrected chi connectivity index (χ1v) is 23.5. The van der Waals surface area contributed by atoms with Gasteiger partial charge in [0.15, 0.2) is 17.5 Å². The van der Waals surface area contributed by atoms with Crippen molar-refractivity contribution in [2.75, 3.05) is 4.90 Å². The van der Waals surface area contributed by atoms with E-state index in [-0.39, 0.29) is 5.41 Å². The van der Waals surface area contributed by atoms with Crippen molar-refractivity contribution in [2.24, 2.45) is 0 Å². The van der Waals surface area contributed by atoms with Crippen LogP contribution in [0, 0.1) is 0 Å². The third-order valence-electron chi connectivity index (χ3n) is 13.9. The molecular weight excluding hydrogens is 841 g/mol. The molecular formula is C64H44N4O. The van der Waals surface area contributed by atoms with Gasteiger partial charge in [0, 0.05) is 55.0 Å². The van der Waals surface area contributed by atoms with Gasteiger partial charge in [-0.3, -0.25) is 0 Å². The monoisotopic (exact) mass is 884 g/mol. The zero-order valence-corrected chi connectivity index (χ0v) is 38.1. The van der Waals surface area contributed by atoms with Crippen molar-refractivity contribution in [1.82, 2.24) is 15.0 Å². The maximum absolute atomic E-state index is 6.89. The summed E-state index contributed by atoms with van der Waals surface area (Å²) in [4.78, 5) is 17.6. The Hall–Kier alpha value is -8.93. The normalized spacial score (nSPS) is 12.6. The van der Waals surface area contributed by atoms with Crippen LogP contribution in [-0.4, -0.2) is 15.0 Å². The van der Waals surface area contributed by atoms with Gasteiger partial charge in [-0.1, -0.05) is 208 Å². The number of furan rings is 1. The Balaban J connectivity index is 0.965. The second-order valence-corrected chi connectivity index (χ2v) is 18.4. The smallest absolute Gasteiger partial charge is 0.164 e. The number of rotatable bonds is 8. The van der Waals surface area contributed by atoms with Gasteiger partial charge in [-0.2, -0.15) is 0 Å². The van der Waals surface area contributed by atoms with Gasteiger partial charge >= 0.3 is 0 Å². The predicted octanol–water partition coefficient (Wildman–Crippen LogP) is 17.0. The zero-order valence-electron chi connectivity index (χ0n) is 38.1. The Labute approximate surface area is 400 Å². The van der Waals surface area contributed by atoms with Crippen molar-refractivity contribution >= 4 is 49.8 Å². The summed E-state index contributed by atoms with van der Waals surface area (Å²) in [5.74, 6) is 1.85. The number of hydrogen-bond donors (Lipinski definition) is 0. The molecule has 5 heteroatoms. The molecule has 0 fully saturated rings. The fraction of sp³-hybridized carbons (Fsp3) is 0.0469. The van der Waals surface area contributed by atoms with E-state index in [9.17, 15) is 0 Å². The zero-order chi connectivity index (χ0) is 46.1. The molecule has 2 heterocycles. The summed E-state index contributed by atoms with van der Waals surface area (Å²) in [6, 6.07) is 81.5. The SMILES string of the molecule is CC1(C)c2ccccc2-c2ccc(N(c3ccccc3)c3cc4c5ccccc5oc4c4c(-c5ccc(-c6nc(-c7ccccc7)nc(-c7ccc(-c8ccccc8)cc7)n6)cc5)cccc34)cc21. The molecule has 5 nitrogen and oxygen atoms in total. The minimum absolute atomic E-state index is 0.156. The maximum Gasteiger partial charge on any atom is 0.164 e. The molecule has 10 aromatic carbocycles. The highest BCUT2D eigenvalue weighted by Gasteiger charge is 2.36. The molecule has 13 rings (SSSR count). The summed E-state index contributed by atoms with van der Waals surface area (Å²) in [5.41, 5.74) is 17.3. The van der Waals surface area contributed by atoms with E-state index in [1.165, 1.54) is 22.3 Å². The van der Waals surface area contributed by atoms with Crippen molar-refractivity contribution in [3.05, 3.63) is 242 Å². The molecule has 0 saturated carbocycles. The Kier molecular flexibility index (Phi) is 9.44. The topological polar surface area (TPSA) is 55.1 Å². The highest BCUT2D eigenvalue weighted by molar-refractivity contribution is 6.23. The lowest BCUT2D eigenvalue weighted by molar-refractivity contribution is 0.660. The molecule has 0 spiro atoms. The summed E-state index contributed by atoms with van der Waals surface area (Å²) in [6.07, 6.45) is 0. The summed E-state index contributed by atoms with van der Waals surface area (Å²) in [5, 5.41) is 4.28. The van der Waals surface area contributed by atoms with Crippen LogP contribution < -0.4 is 4.90 Å². The largest absolute Gasteiger partial charge is 0.455 e. The Morgan fingerprint density at radius 1 is 0.362 bits per heavy atom. The number of para-hydroxylation sites is 2. The molecule has 0 unspecified atom stereocenters. The summed E-state index contributed by atoms with van der Waals surface area (Å²) in [6.45, 7) is 4.69. The molecule has 69 heavy (non-hydrogen) atoms.